The minimum absolute atomic E-state index is 0.257. The van der Waals surface area contributed by atoms with E-state index in [1.807, 2.05) is 0 Å². The van der Waals surface area contributed by atoms with Gasteiger partial charge in [0.05, 0.1) is 11.3 Å². The van der Waals surface area contributed by atoms with E-state index in [2.05, 4.69) is 4.98 Å². The Bertz CT molecular complexity index is 343. The average Bonchev–Trinajstić information content (AvgIpc) is 2.03. The first kappa shape index (κ1) is 8.98. The molecule has 1 heterocycles. The Morgan fingerprint density at radius 3 is 2.38 bits per heavy atom. The Morgan fingerprint density at radius 1 is 1.31 bits per heavy atom. The van der Waals surface area contributed by atoms with Gasteiger partial charge in [0.25, 0.3) is 0 Å². The minimum atomic E-state index is -1.35. The van der Waals surface area contributed by atoms with Gasteiger partial charge in [-0.05, 0) is 6.07 Å². The van der Waals surface area contributed by atoms with Crippen molar-refractivity contribution >= 4 is 17.6 Å². The molecule has 4 N–H and O–H groups in total. The highest BCUT2D eigenvalue weighted by Crippen LogP contribution is 2.14. The summed E-state index contributed by atoms with van der Waals surface area (Å²) in [6, 6.07) is 1.14. The summed E-state index contributed by atoms with van der Waals surface area (Å²) in [6.07, 6.45) is 1.09. The number of pyridine rings is 1. The standard InChI is InChI=1S/C7H6N2O4/c8-4-3(6(10)11)1-2-9-5(4)7(12)13/h1-2H,8H2,(H,10,11)(H,12,13). The Balaban J connectivity index is 3.35. The van der Waals surface area contributed by atoms with E-state index < -0.39 is 17.6 Å². The Kier molecular flexibility index (Phi) is 2.14. The van der Waals surface area contributed by atoms with Crippen LogP contribution in [0.4, 0.5) is 5.69 Å². The number of nitrogens with two attached hydrogens (primary N) is 1. The molecule has 68 valence electrons. The highest BCUT2D eigenvalue weighted by molar-refractivity contribution is 6.00. The summed E-state index contributed by atoms with van der Waals surface area (Å²) in [4.78, 5) is 24.4. The van der Waals surface area contributed by atoms with Crippen molar-refractivity contribution in [1.29, 1.82) is 0 Å². The van der Waals surface area contributed by atoms with Crippen LogP contribution in [0.25, 0.3) is 0 Å². The predicted molar refractivity (Wildman–Crippen MR) is 42.6 cm³/mol. The number of hydrogen-bond donors (Lipinski definition) is 3. The largest absolute Gasteiger partial charge is 0.478 e. The van der Waals surface area contributed by atoms with Gasteiger partial charge in [-0.1, -0.05) is 0 Å². The zero-order valence-corrected chi connectivity index (χ0v) is 6.39. The van der Waals surface area contributed by atoms with E-state index in [1.165, 1.54) is 0 Å². The zero-order chi connectivity index (χ0) is 10.0. The summed E-state index contributed by atoms with van der Waals surface area (Å²) in [5.41, 5.74) is 4.23. The van der Waals surface area contributed by atoms with Gasteiger partial charge in [0.15, 0.2) is 5.69 Å². The summed E-state index contributed by atoms with van der Waals surface area (Å²) in [7, 11) is 0. The lowest BCUT2D eigenvalue weighted by molar-refractivity contribution is 0.0691. The molecule has 1 rings (SSSR count). The van der Waals surface area contributed by atoms with Gasteiger partial charge >= 0.3 is 11.9 Å². The summed E-state index contributed by atoms with van der Waals surface area (Å²) in [5, 5.41) is 17.1. The maximum Gasteiger partial charge on any atom is 0.356 e. The lowest BCUT2D eigenvalue weighted by atomic mass is 10.2. The molecule has 0 saturated carbocycles. The molecule has 0 unspecified atom stereocenters. The normalized spacial score (nSPS) is 9.54. The summed E-state index contributed by atoms with van der Waals surface area (Å²) < 4.78 is 0. The van der Waals surface area contributed by atoms with Crippen LogP contribution in [0.5, 0.6) is 0 Å². The number of carboxylic acids is 2. The van der Waals surface area contributed by atoms with Gasteiger partial charge in [-0.3, -0.25) is 0 Å². The van der Waals surface area contributed by atoms with Crippen LogP contribution in [-0.2, 0) is 0 Å². The molecule has 0 aliphatic carbocycles. The number of hydrogen-bond acceptors (Lipinski definition) is 4. The van der Waals surface area contributed by atoms with E-state index in [4.69, 9.17) is 15.9 Å². The maximum atomic E-state index is 10.5. The highest BCUT2D eigenvalue weighted by atomic mass is 16.4. The SMILES string of the molecule is Nc1c(C(=O)O)ccnc1C(=O)O. The number of aromatic nitrogens is 1. The third-order valence-electron chi connectivity index (χ3n) is 1.42. The smallest absolute Gasteiger partial charge is 0.356 e. The van der Waals surface area contributed by atoms with Crippen LogP contribution in [0.15, 0.2) is 12.3 Å². The van der Waals surface area contributed by atoms with Crippen molar-refractivity contribution in [3.63, 3.8) is 0 Å². The number of carboxylic acid groups (broad SMARTS) is 2. The van der Waals surface area contributed by atoms with E-state index in [0.717, 1.165) is 12.3 Å². The van der Waals surface area contributed by atoms with Crippen molar-refractivity contribution in [3.8, 4) is 0 Å². The van der Waals surface area contributed by atoms with Crippen LogP contribution < -0.4 is 5.73 Å². The molecular weight excluding hydrogens is 176 g/mol. The van der Waals surface area contributed by atoms with Crippen molar-refractivity contribution < 1.29 is 19.8 Å². The van der Waals surface area contributed by atoms with Gasteiger partial charge in [0, 0.05) is 6.20 Å². The second-order valence-electron chi connectivity index (χ2n) is 2.23. The van der Waals surface area contributed by atoms with E-state index in [1.54, 1.807) is 0 Å². The molecule has 1 aromatic rings. The fourth-order valence-corrected chi connectivity index (χ4v) is 0.830. The van der Waals surface area contributed by atoms with Crippen molar-refractivity contribution in [3.05, 3.63) is 23.5 Å². The maximum absolute atomic E-state index is 10.5. The van der Waals surface area contributed by atoms with Crippen LogP contribution in [0.1, 0.15) is 20.8 Å². The monoisotopic (exact) mass is 182 g/mol. The van der Waals surface area contributed by atoms with Gasteiger partial charge in [-0.15, -0.1) is 0 Å². The van der Waals surface area contributed by atoms with E-state index in [9.17, 15) is 9.59 Å². The van der Waals surface area contributed by atoms with Gasteiger partial charge in [0.1, 0.15) is 0 Å². The number of aromatic carboxylic acids is 2. The molecule has 0 aliphatic rings. The molecule has 0 saturated heterocycles. The number of nitrogen functional groups attached to an aromatic ring is 1. The number of rotatable bonds is 2. The Morgan fingerprint density at radius 2 is 1.92 bits per heavy atom. The third-order valence-corrected chi connectivity index (χ3v) is 1.42. The second kappa shape index (κ2) is 3.10. The molecule has 0 radical (unpaired) electrons. The molecule has 6 nitrogen and oxygen atoms in total. The predicted octanol–water partition coefficient (Wildman–Crippen LogP) is 0.0602. The first-order valence-corrected chi connectivity index (χ1v) is 3.25. The van der Waals surface area contributed by atoms with Gasteiger partial charge in [-0.2, -0.15) is 0 Å². The molecule has 0 aliphatic heterocycles. The first-order chi connectivity index (χ1) is 6.04. The van der Waals surface area contributed by atoms with E-state index in [-0.39, 0.29) is 11.3 Å². The lowest BCUT2D eigenvalue weighted by Crippen LogP contribution is -2.10. The molecule has 0 spiro atoms. The molecular formula is C7H6N2O4. The minimum Gasteiger partial charge on any atom is -0.478 e. The average molecular weight is 182 g/mol. The van der Waals surface area contributed by atoms with Gasteiger partial charge in [0.2, 0.25) is 0 Å². The fourth-order valence-electron chi connectivity index (χ4n) is 0.830. The van der Waals surface area contributed by atoms with Crippen LogP contribution in [0, 0.1) is 0 Å². The quantitative estimate of drug-likeness (QED) is 0.595. The van der Waals surface area contributed by atoms with E-state index >= 15 is 0 Å². The molecule has 0 aromatic carbocycles. The second-order valence-corrected chi connectivity index (χ2v) is 2.23. The van der Waals surface area contributed by atoms with Crippen LogP contribution in [0.2, 0.25) is 0 Å². The van der Waals surface area contributed by atoms with Crippen molar-refractivity contribution in [2.24, 2.45) is 0 Å². The number of carbonyl (C=O) groups is 2. The summed E-state index contributed by atoms with van der Waals surface area (Å²) >= 11 is 0. The Labute approximate surface area is 72.6 Å². The zero-order valence-electron chi connectivity index (χ0n) is 6.39. The molecule has 0 bridgehead atoms. The number of nitrogens with zero attached hydrogens (tertiary/aromatic N) is 1. The molecule has 0 fully saturated rings. The van der Waals surface area contributed by atoms with Gasteiger partial charge in [-0.25, -0.2) is 14.6 Å². The Hall–Kier alpha value is -2.11. The van der Waals surface area contributed by atoms with Crippen LogP contribution in [-0.4, -0.2) is 27.1 Å². The van der Waals surface area contributed by atoms with Gasteiger partial charge < -0.3 is 15.9 Å². The van der Waals surface area contributed by atoms with Crippen molar-refractivity contribution in [2.45, 2.75) is 0 Å². The molecule has 0 atom stereocenters. The fraction of sp³-hybridized carbons (Fsp3) is 0. The molecule has 1 aromatic heterocycles. The van der Waals surface area contributed by atoms with Crippen molar-refractivity contribution in [1.82, 2.24) is 4.98 Å². The first-order valence-electron chi connectivity index (χ1n) is 3.25. The topological polar surface area (TPSA) is 114 Å². The third kappa shape index (κ3) is 1.56. The summed E-state index contributed by atoms with van der Waals surface area (Å²) in [5.74, 6) is -2.62. The molecule has 0 amide bonds. The molecule has 13 heavy (non-hydrogen) atoms. The number of anilines is 1. The van der Waals surface area contributed by atoms with E-state index in [0.29, 0.717) is 0 Å². The summed E-state index contributed by atoms with van der Waals surface area (Å²) in [6.45, 7) is 0. The van der Waals surface area contributed by atoms with Crippen LogP contribution >= 0.6 is 0 Å². The highest BCUT2D eigenvalue weighted by Gasteiger charge is 2.16. The molecule has 6 heteroatoms. The lowest BCUT2D eigenvalue weighted by Gasteiger charge is -2.02. The van der Waals surface area contributed by atoms with Crippen LogP contribution in [0.3, 0.4) is 0 Å². The van der Waals surface area contributed by atoms with Crippen molar-refractivity contribution in [2.75, 3.05) is 5.73 Å².